The lowest BCUT2D eigenvalue weighted by atomic mass is 10.2. The molecule has 0 bridgehead atoms. The Hall–Kier alpha value is -2.57. The molecular formula is C14H17N3O4. The van der Waals surface area contributed by atoms with E-state index < -0.39 is 17.7 Å². The van der Waals surface area contributed by atoms with Gasteiger partial charge in [0.05, 0.1) is 0 Å². The van der Waals surface area contributed by atoms with Crippen LogP contribution in [0.3, 0.4) is 0 Å². The zero-order chi connectivity index (χ0) is 15.6. The van der Waals surface area contributed by atoms with Crippen LogP contribution in [-0.2, 0) is 11.3 Å². The summed E-state index contributed by atoms with van der Waals surface area (Å²) in [6.07, 6.45) is 2.63. The molecule has 2 aromatic rings. The van der Waals surface area contributed by atoms with Gasteiger partial charge in [0.2, 0.25) is 0 Å². The van der Waals surface area contributed by atoms with E-state index in [0.29, 0.717) is 5.65 Å². The van der Waals surface area contributed by atoms with Crippen molar-refractivity contribution < 1.29 is 19.4 Å². The number of hydrogen-bond acceptors (Lipinski definition) is 4. The Morgan fingerprint density at radius 1 is 1.43 bits per heavy atom. The van der Waals surface area contributed by atoms with Gasteiger partial charge in [-0.15, -0.1) is 0 Å². The van der Waals surface area contributed by atoms with Crippen molar-refractivity contribution in [2.24, 2.45) is 0 Å². The topological polar surface area (TPSA) is 92.9 Å². The van der Waals surface area contributed by atoms with E-state index in [2.05, 4.69) is 10.3 Å². The summed E-state index contributed by atoms with van der Waals surface area (Å²) in [7, 11) is 0. The Labute approximate surface area is 121 Å². The van der Waals surface area contributed by atoms with Gasteiger partial charge >= 0.3 is 12.1 Å². The third kappa shape index (κ3) is 3.95. The van der Waals surface area contributed by atoms with Crippen LogP contribution in [0.15, 0.2) is 24.5 Å². The molecule has 0 aliphatic rings. The van der Waals surface area contributed by atoms with Crippen molar-refractivity contribution in [2.45, 2.75) is 32.9 Å². The van der Waals surface area contributed by atoms with Gasteiger partial charge in [0.25, 0.3) is 0 Å². The standard InChI is InChI=1S/C14H17N3O4/c1-14(2,3)21-13(20)15-7-9-4-5-17-8-10(12(18)19)16-11(17)6-9/h4-6,8H,7H2,1-3H3,(H,15,20)(H,18,19). The van der Waals surface area contributed by atoms with E-state index >= 15 is 0 Å². The predicted octanol–water partition coefficient (Wildman–Crippen LogP) is 2.06. The highest BCUT2D eigenvalue weighted by molar-refractivity contribution is 5.86. The third-order valence-electron chi connectivity index (χ3n) is 2.58. The smallest absolute Gasteiger partial charge is 0.407 e. The van der Waals surface area contributed by atoms with Gasteiger partial charge in [0.1, 0.15) is 11.2 Å². The van der Waals surface area contributed by atoms with Crippen LogP contribution in [0, 0.1) is 0 Å². The molecule has 0 unspecified atom stereocenters. The van der Waals surface area contributed by atoms with E-state index in [1.165, 1.54) is 6.20 Å². The number of carboxylic acids is 1. The molecule has 0 aliphatic carbocycles. The molecule has 7 nitrogen and oxygen atoms in total. The fourth-order valence-corrected chi connectivity index (χ4v) is 1.73. The van der Waals surface area contributed by atoms with E-state index in [1.54, 1.807) is 43.5 Å². The molecule has 1 amide bonds. The molecule has 0 atom stereocenters. The number of nitrogens with one attached hydrogen (secondary N) is 1. The number of pyridine rings is 1. The Bertz CT molecular complexity index is 685. The van der Waals surface area contributed by atoms with Crippen molar-refractivity contribution in [1.82, 2.24) is 14.7 Å². The van der Waals surface area contributed by atoms with Gasteiger partial charge in [0, 0.05) is 18.9 Å². The number of aromatic nitrogens is 2. The Morgan fingerprint density at radius 3 is 2.76 bits per heavy atom. The summed E-state index contributed by atoms with van der Waals surface area (Å²) in [5.41, 5.74) is 0.743. The molecule has 0 spiro atoms. The number of alkyl carbamates (subject to hydrolysis) is 1. The number of imidazole rings is 1. The molecule has 2 N–H and O–H groups in total. The Kier molecular flexibility index (Phi) is 3.84. The van der Waals surface area contributed by atoms with Gasteiger partial charge < -0.3 is 19.6 Å². The Balaban J connectivity index is 2.06. The average Bonchev–Trinajstić information content (AvgIpc) is 2.77. The highest BCUT2D eigenvalue weighted by atomic mass is 16.6. The second-order valence-corrected chi connectivity index (χ2v) is 5.59. The lowest BCUT2D eigenvalue weighted by molar-refractivity contribution is 0.0523. The largest absolute Gasteiger partial charge is 0.476 e. The molecule has 0 aromatic carbocycles. The van der Waals surface area contributed by atoms with Crippen molar-refractivity contribution in [1.29, 1.82) is 0 Å². The minimum Gasteiger partial charge on any atom is -0.476 e. The monoisotopic (exact) mass is 291 g/mol. The number of aromatic carboxylic acids is 1. The van der Waals surface area contributed by atoms with Gasteiger partial charge in [-0.1, -0.05) is 0 Å². The van der Waals surface area contributed by atoms with Crippen molar-refractivity contribution in [3.63, 3.8) is 0 Å². The first-order chi connectivity index (χ1) is 9.74. The van der Waals surface area contributed by atoms with Crippen molar-refractivity contribution >= 4 is 17.7 Å². The highest BCUT2D eigenvalue weighted by Gasteiger charge is 2.15. The molecule has 112 valence electrons. The van der Waals surface area contributed by atoms with E-state index in [9.17, 15) is 9.59 Å². The SMILES string of the molecule is CC(C)(C)OC(=O)NCc1ccn2cc(C(=O)O)nc2c1. The van der Waals surface area contributed by atoms with E-state index in [1.807, 2.05) is 0 Å². The van der Waals surface area contributed by atoms with Crippen LogP contribution in [-0.4, -0.2) is 32.2 Å². The predicted molar refractivity (Wildman–Crippen MR) is 75.2 cm³/mol. The van der Waals surface area contributed by atoms with Crippen LogP contribution in [0.5, 0.6) is 0 Å². The van der Waals surface area contributed by atoms with Crippen molar-refractivity contribution in [3.05, 3.63) is 35.8 Å². The fraction of sp³-hybridized carbons (Fsp3) is 0.357. The maximum Gasteiger partial charge on any atom is 0.407 e. The number of rotatable bonds is 3. The molecule has 0 fully saturated rings. The van der Waals surface area contributed by atoms with Crippen LogP contribution in [0.2, 0.25) is 0 Å². The summed E-state index contributed by atoms with van der Waals surface area (Å²) >= 11 is 0. The van der Waals surface area contributed by atoms with E-state index in [0.717, 1.165) is 5.56 Å². The average molecular weight is 291 g/mol. The van der Waals surface area contributed by atoms with Gasteiger partial charge in [-0.05, 0) is 38.5 Å². The Morgan fingerprint density at radius 2 is 2.14 bits per heavy atom. The second kappa shape index (κ2) is 5.43. The van der Waals surface area contributed by atoms with Gasteiger partial charge in [-0.25, -0.2) is 14.6 Å². The molecule has 0 saturated heterocycles. The molecule has 2 heterocycles. The zero-order valence-electron chi connectivity index (χ0n) is 12.1. The van der Waals surface area contributed by atoms with E-state index in [-0.39, 0.29) is 12.2 Å². The summed E-state index contributed by atoms with van der Waals surface area (Å²) in [6, 6.07) is 3.49. The first-order valence-electron chi connectivity index (χ1n) is 6.42. The van der Waals surface area contributed by atoms with Crippen LogP contribution in [0.25, 0.3) is 5.65 Å². The van der Waals surface area contributed by atoms with Crippen LogP contribution in [0.4, 0.5) is 4.79 Å². The summed E-state index contributed by atoms with van der Waals surface area (Å²) in [4.78, 5) is 26.4. The van der Waals surface area contributed by atoms with Gasteiger partial charge in [-0.3, -0.25) is 0 Å². The molecule has 0 radical (unpaired) electrons. The summed E-state index contributed by atoms with van der Waals surface area (Å²) < 4.78 is 6.75. The minimum atomic E-state index is -1.08. The number of fused-ring (bicyclic) bond motifs is 1. The number of carbonyl (C=O) groups excluding carboxylic acids is 1. The molecule has 7 heteroatoms. The third-order valence-corrected chi connectivity index (χ3v) is 2.58. The molecule has 2 rings (SSSR count). The normalized spacial score (nSPS) is 11.4. The maximum absolute atomic E-state index is 11.6. The van der Waals surface area contributed by atoms with Crippen molar-refractivity contribution in [3.8, 4) is 0 Å². The molecule has 0 saturated carbocycles. The second-order valence-electron chi connectivity index (χ2n) is 5.59. The highest BCUT2D eigenvalue weighted by Crippen LogP contribution is 2.10. The number of carboxylic acid groups (broad SMARTS) is 1. The molecule has 2 aromatic heterocycles. The lowest BCUT2D eigenvalue weighted by Gasteiger charge is -2.19. The first-order valence-corrected chi connectivity index (χ1v) is 6.42. The fourth-order valence-electron chi connectivity index (χ4n) is 1.73. The quantitative estimate of drug-likeness (QED) is 0.902. The number of carbonyl (C=O) groups is 2. The number of nitrogens with zero attached hydrogens (tertiary/aromatic N) is 2. The summed E-state index contributed by atoms with van der Waals surface area (Å²) in [6.45, 7) is 5.64. The maximum atomic E-state index is 11.6. The molecule has 21 heavy (non-hydrogen) atoms. The van der Waals surface area contributed by atoms with Crippen LogP contribution < -0.4 is 5.32 Å². The van der Waals surface area contributed by atoms with Crippen LogP contribution in [0.1, 0.15) is 36.8 Å². The number of hydrogen-bond donors (Lipinski definition) is 2. The number of amides is 1. The molecule has 0 aliphatic heterocycles. The van der Waals surface area contributed by atoms with Crippen molar-refractivity contribution in [2.75, 3.05) is 0 Å². The number of ether oxygens (including phenoxy) is 1. The zero-order valence-corrected chi connectivity index (χ0v) is 12.1. The van der Waals surface area contributed by atoms with Gasteiger partial charge in [0.15, 0.2) is 5.69 Å². The lowest BCUT2D eigenvalue weighted by Crippen LogP contribution is -2.32. The first kappa shape index (κ1) is 14.8. The summed E-state index contributed by atoms with van der Waals surface area (Å²) in [5, 5.41) is 11.5. The minimum absolute atomic E-state index is 0.0211. The molecular weight excluding hydrogens is 274 g/mol. The van der Waals surface area contributed by atoms with E-state index in [4.69, 9.17) is 9.84 Å². The summed E-state index contributed by atoms with van der Waals surface area (Å²) in [5.74, 6) is -1.08. The van der Waals surface area contributed by atoms with Crippen LogP contribution >= 0.6 is 0 Å². The van der Waals surface area contributed by atoms with Gasteiger partial charge in [-0.2, -0.15) is 0 Å².